The predicted octanol–water partition coefficient (Wildman–Crippen LogP) is 3.19. The Balaban J connectivity index is 1.55. The molecule has 0 bridgehead atoms. The van der Waals surface area contributed by atoms with Gasteiger partial charge in [0.25, 0.3) is 5.91 Å². The number of rotatable bonds is 7. The number of nitrogens with zero attached hydrogens (tertiary/aromatic N) is 3. The van der Waals surface area contributed by atoms with Crippen molar-refractivity contribution in [3.8, 4) is 0 Å². The van der Waals surface area contributed by atoms with Crippen molar-refractivity contribution in [3.05, 3.63) is 52.4 Å². The third kappa shape index (κ3) is 4.89. The van der Waals surface area contributed by atoms with E-state index < -0.39 is 0 Å². The van der Waals surface area contributed by atoms with E-state index in [1.165, 1.54) is 28.7 Å². The predicted molar refractivity (Wildman–Crippen MR) is 130 cm³/mol. The van der Waals surface area contributed by atoms with Crippen LogP contribution in [0, 0.1) is 12.7 Å². The van der Waals surface area contributed by atoms with Crippen LogP contribution >= 0.6 is 11.3 Å². The Labute approximate surface area is 197 Å². The average Bonchev–Trinajstić information content (AvgIpc) is 3.56. The van der Waals surface area contributed by atoms with Crippen molar-refractivity contribution in [2.45, 2.75) is 38.6 Å². The normalized spacial score (nSPS) is 16.4. The molecule has 0 spiro atoms. The fourth-order valence-electron chi connectivity index (χ4n) is 4.19. The van der Waals surface area contributed by atoms with Gasteiger partial charge in [0, 0.05) is 57.1 Å². The molecule has 2 amide bonds. The van der Waals surface area contributed by atoms with E-state index >= 15 is 4.39 Å². The molecule has 1 aliphatic carbocycles. The monoisotopic (exact) mass is 471 g/mol. The Morgan fingerprint density at radius 1 is 1.33 bits per heavy atom. The van der Waals surface area contributed by atoms with Gasteiger partial charge in [0.15, 0.2) is 0 Å². The molecule has 2 heterocycles. The number of hydrazine groups is 1. The standard InChI is InChI=1S/C24H30FN5O2S/c1-15-12-19(16-4-3-9-29(14-16)21(31)7-10-30(27)11-8-26)22(25)23-18(15)13-20(33-23)24(32)28(2)17-5-6-17/h4,8,11-13,17H,3,5-7,9-10,14,26-27H2,1-2H3/b11-8-. The number of hydrogen-bond acceptors (Lipinski definition) is 6. The van der Waals surface area contributed by atoms with Gasteiger partial charge in [0.1, 0.15) is 5.82 Å². The van der Waals surface area contributed by atoms with E-state index in [0.717, 1.165) is 29.4 Å². The summed E-state index contributed by atoms with van der Waals surface area (Å²) in [5, 5.41) is 2.14. The molecule has 2 aromatic rings. The summed E-state index contributed by atoms with van der Waals surface area (Å²) < 4.78 is 16.1. The number of benzene rings is 1. The van der Waals surface area contributed by atoms with E-state index in [4.69, 9.17) is 11.6 Å². The van der Waals surface area contributed by atoms with Crippen LogP contribution in [0.15, 0.2) is 30.6 Å². The molecule has 1 aromatic carbocycles. The molecule has 4 N–H and O–H groups in total. The van der Waals surface area contributed by atoms with Gasteiger partial charge in [-0.05, 0) is 54.8 Å². The molecule has 1 saturated carbocycles. The van der Waals surface area contributed by atoms with Crippen LogP contribution in [0.2, 0.25) is 0 Å². The first kappa shape index (κ1) is 23.3. The molecular formula is C24H30FN5O2S. The summed E-state index contributed by atoms with van der Waals surface area (Å²) in [6.45, 7) is 3.22. The molecule has 0 unspecified atom stereocenters. The van der Waals surface area contributed by atoms with E-state index in [1.54, 1.807) is 9.80 Å². The van der Waals surface area contributed by atoms with Gasteiger partial charge in [0.2, 0.25) is 5.91 Å². The molecule has 33 heavy (non-hydrogen) atoms. The number of fused-ring (bicyclic) bond motifs is 1. The Kier molecular flexibility index (Phi) is 6.71. The van der Waals surface area contributed by atoms with Gasteiger partial charge < -0.3 is 20.5 Å². The molecule has 0 atom stereocenters. The molecule has 1 fully saturated rings. The zero-order chi connectivity index (χ0) is 23.7. The molecule has 0 saturated heterocycles. The number of aryl methyl sites for hydroxylation is 1. The smallest absolute Gasteiger partial charge is 0.263 e. The highest BCUT2D eigenvalue weighted by Gasteiger charge is 2.31. The molecule has 1 aliphatic heterocycles. The molecule has 0 radical (unpaired) electrons. The van der Waals surface area contributed by atoms with E-state index in [1.807, 2.05) is 32.2 Å². The quantitative estimate of drug-likeness (QED) is 0.478. The van der Waals surface area contributed by atoms with Crippen molar-refractivity contribution in [2.24, 2.45) is 11.6 Å². The van der Waals surface area contributed by atoms with Gasteiger partial charge >= 0.3 is 0 Å². The number of carbonyl (C=O) groups excluding carboxylic acids is 2. The third-order valence-corrected chi connectivity index (χ3v) is 7.41. The Morgan fingerprint density at radius 3 is 2.79 bits per heavy atom. The van der Waals surface area contributed by atoms with E-state index in [2.05, 4.69) is 0 Å². The summed E-state index contributed by atoms with van der Waals surface area (Å²) in [5.41, 5.74) is 7.53. The number of thiophene rings is 1. The second kappa shape index (κ2) is 9.52. The maximum absolute atomic E-state index is 15.6. The number of carbonyl (C=O) groups is 2. The minimum Gasteiger partial charge on any atom is -0.403 e. The number of amides is 2. The first-order valence-corrected chi connectivity index (χ1v) is 12.0. The summed E-state index contributed by atoms with van der Waals surface area (Å²) in [6, 6.07) is 3.94. The van der Waals surface area contributed by atoms with Crippen LogP contribution < -0.4 is 11.6 Å². The zero-order valence-corrected chi connectivity index (χ0v) is 19.8. The molecule has 1 aromatic heterocycles. The van der Waals surface area contributed by atoms with Crippen LogP contribution in [0.5, 0.6) is 0 Å². The largest absolute Gasteiger partial charge is 0.403 e. The fourth-order valence-corrected chi connectivity index (χ4v) is 5.34. The molecular weight excluding hydrogens is 441 g/mol. The summed E-state index contributed by atoms with van der Waals surface area (Å²) >= 11 is 1.21. The number of nitrogens with two attached hydrogens (primary N) is 2. The maximum atomic E-state index is 15.6. The topological polar surface area (TPSA) is 95.9 Å². The summed E-state index contributed by atoms with van der Waals surface area (Å²) in [5.74, 6) is 5.33. The van der Waals surface area contributed by atoms with Crippen molar-refractivity contribution in [1.82, 2.24) is 14.8 Å². The number of halogens is 1. The lowest BCUT2D eigenvalue weighted by molar-refractivity contribution is -0.130. The van der Waals surface area contributed by atoms with Crippen molar-refractivity contribution < 1.29 is 14.0 Å². The second-order valence-corrected chi connectivity index (χ2v) is 9.77. The lowest BCUT2D eigenvalue weighted by Gasteiger charge is -2.28. The van der Waals surface area contributed by atoms with Gasteiger partial charge in [-0.3, -0.25) is 9.59 Å². The third-order valence-electron chi connectivity index (χ3n) is 6.29. The molecule has 4 rings (SSSR count). The molecule has 7 nitrogen and oxygen atoms in total. The summed E-state index contributed by atoms with van der Waals surface area (Å²) in [4.78, 5) is 29.5. The Hall–Kier alpha value is -2.91. The highest BCUT2D eigenvalue weighted by molar-refractivity contribution is 7.20. The Morgan fingerprint density at radius 2 is 2.09 bits per heavy atom. The highest BCUT2D eigenvalue weighted by Crippen LogP contribution is 2.37. The van der Waals surface area contributed by atoms with Gasteiger partial charge in [0.05, 0.1) is 9.58 Å². The second-order valence-electron chi connectivity index (χ2n) is 8.72. The summed E-state index contributed by atoms with van der Waals surface area (Å²) in [6.07, 6.45) is 7.79. The highest BCUT2D eigenvalue weighted by atomic mass is 32.1. The van der Waals surface area contributed by atoms with E-state index in [0.29, 0.717) is 47.2 Å². The van der Waals surface area contributed by atoms with Gasteiger partial charge in [-0.1, -0.05) is 6.08 Å². The van der Waals surface area contributed by atoms with Crippen LogP contribution in [-0.2, 0) is 4.79 Å². The molecule has 9 heteroatoms. The van der Waals surface area contributed by atoms with Crippen LogP contribution in [0.4, 0.5) is 4.39 Å². The SMILES string of the molecule is Cc1cc(C2=CCCN(C(=O)CCN(N)/C=C\N)C2)c(F)c2sc(C(=O)N(C)C3CC3)cc12. The summed E-state index contributed by atoms with van der Waals surface area (Å²) in [7, 11) is 1.81. The van der Waals surface area contributed by atoms with Gasteiger partial charge in [-0.25, -0.2) is 10.2 Å². The lowest BCUT2D eigenvalue weighted by Crippen LogP contribution is -2.38. The Bertz CT molecular complexity index is 1140. The maximum Gasteiger partial charge on any atom is 0.263 e. The van der Waals surface area contributed by atoms with Crippen molar-refractivity contribution >= 4 is 38.8 Å². The first-order valence-electron chi connectivity index (χ1n) is 11.2. The fraction of sp³-hybridized carbons (Fsp3) is 0.417. The minimum absolute atomic E-state index is 0.0354. The van der Waals surface area contributed by atoms with Crippen molar-refractivity contribution in [2.75, 3.05) is 26.7 Å². The van der Waals surface area contributed by atoms with Crippen molar-refractivity contribution in [3.63, 3.8) is 0 Å². The van der Waals surface area contributed by atoms with E-state index in [9.17, 15) is 9.59 Å². The van der Waals surface area contributed by atoms with Crippen LogP contribution in [0.3, 0.4) is 0 Å². The first-order chi connectivity index (χ1) is 15.8. The zero-order valence-electron chi connectivity index (χ0n) is 19.0. The van der Waals surface area contributed by atoms with Crippen molar-refractivity contribution in [1.29, 1.82) is 0 Å². The minimum atomic E-state index is -0.324. The van der Waals surface area contributed by atoms with E-state index in [-0.39, 0.29) is 24.1 Å². The average molecular weight is 472 g/mol. The lowest BCUT2D eigenvalue weighted by atomic mass is 9.97. The molecule has 2 aliphatic rings. The van der Waals surface area contributed by atoms with Gasteiger partial charge in [-0.15, -0.1) is 11.3 Å². The van der Waals surface area contributed by atoms with Crippen LogP contribution in [0.25, 0.3) is 15.7 Å². The molecule has 176 valence electrons. The number of hydrogen-bond donors (Lipinski definition) is 2. The van der Waals surface area contributed by atoms with Crippen LogP contribution in [0.1, 0.15) is 46.5 Å². The van der Waals surface area contributed by atoms with Gasteiger partial charge in [-0.2, -0.15) is 0 Å². The van der Waals surface area contributed by atoms with Crippen LogP contribution in [-0.4, -0.2) is 59.3 Å².